The van der Waals surface area contributed by atoms with Crippen molar-refractivity contribution < 1.29 is 4.42 Å². The van der Waals surface area contributed by atoms with Gasteiger partial charge in [-0.3, -0.25) is 0 Å². The molecule has 1 aliphatic heterocycles. The second-order valence-corrected chi connectivity index (χ2v) is 5.45. The Hall–Kier alpha value is -1.88. The summed E-state index contributed by atoms with van der Waals surface area (Å²) in [5.41, 5.74) is 2.79. The van der Waals surface area contributed by atoms with E-state index in [4.69, 9.17) is 4.42 Å². The van der Waals surface area contributed by atoms with Crippen LogP contribution in [0.4, 0.5) is 6.01 Å². The van der Waals surface area contributed by atoms with Gasteiger partial charge in [0.05, 0.1) is 6.54 Å². The molecule has 5 heteroatoms. The zero-order valence-corrected chi connectivity index (χ0v) is 12.5. The topological polar surface area (TPSA) is 54.2 Å². The Bertz CT molecular complexity index is 581. The van der Waals surface area contributed by atoms with Crippen molar-refractivity contribution in [2.45, 2.75) is 39.3 Å². The first kappa shape index (κ1) is 14.1. The molecule has 21 heavy (non-hydrogen) atoms. The Morgan fingerprint density at radius 1 is 1.24 bits per heavy atom. The summed E-state index contributed by atoms with van der Waals surface area (Å²) in [6.45, 7) is 5.56. The summed E-state index contributed by atoms with van der Waals surface area (Å²) in [5.74, 6) is 0.663. The summed E-state index contributed by atoms with van der Waals surface area (Å²) in [7, 11) is 0. The van der Waals surface area contributed by atoms with Crippen molar-refractivity contribution in [2.75, 3.05) is 18.0 Å². The Morgan fingerprint density at radius 3 is 2.95 bits per heavy atom. The number of aryl methyl sites for hydroxylation is 1. The number of hydrogen-bond donors (Lipinski definition) is 1. The molecule has 1 N–H and O–H groups in total. The third-order valence-electron chi connectivity index (χ3n) is 3.78. The number of nitrogens with one attached hydrogen (secondary N) is 1. The third-order valence-corrected chi connectivity index (χ3v) is 3.78. The first-order valence-corrected chi connectivity index (χ1v) is 7.71. The molecule has 0 atom stereocenters. The fraction of sp³-hybridized carbons (Fsp3) is 0.500. The molecule has 0 saturated carbocycles. The van der Waals surface area contributed by atoms with Crippen LogP contribution in [-0.4, -0.2) is 23.3 Å². The van der Waals surface area contributed by atoms with Crippen LogP contribution < -0.4 is 10.2 Å². The van der Waals surface area contributed by atoms with Crippen LogP contribution in [0.3, 0.4) is 0 Å². The average Bonchev–Trinajstić information content (AvgIpc) is 2.86. The lowest BCUT2D eigenvalue weighted by Gasteiger charge is -2.17. The van der Waals surface area contributed by atoms with Crippen LogP contribution in [0.2, 0.25) is 0 Å². The zero-order chi connectivity index (χ0) is 14.5. The molecule has 1 aromatic carbocycles. The molecule has 2 aromatic rings. The molecular weight excluding hydrogens is 264 g/mol. The molecule has 0 unspecified atom stereocenters. The van der Waals surface area contributed by atoms with Gasteiger partial charge in [0.25, 0.3) is 0 Å². The maximum absolute atomic E-state index is 5.78. The minimum absolute atomic E-state index is 0.639. The summed E-state index contributed by atoms with van der Waals surface area (Å²) in [6, 6.07) is 9.25. The van der Waals surface area contributed by atoms with E-state index < -0.39 is 0 Å². The first-order chi connectivity index (χ1) is 10.4. The van der Waals surface area contributed by atoms with Crippen LogP contribution in [0.15, 0.2) is 28.7 Å². The molecule has 0 bridgehead atoms. The van der Waals surface area contributed by atoms with Crippen LogP contribution in [0.1, 0.15) is 36.8 Å². The number of nitrogens with zero attached hydrogens (tertiary/aromatic N) is 3. The predicted molar refractivity (Wildman–Crippen MR) is 82.1 cm³/mol. The van der Waals surface area contributed by atoms with E-state index in [1.165, 1.54) is 11.1 Å². The summed E-state index contributed by atoms with van der Waals surface area (Å²) in [6.07, 6.45) is 3.33. The van der Waals surface area contributed by atoms with E-state index in [2.05, 4.69) is 51.6 Å². The number of aromatic nitrogens is 2. The normalized spacial score (nSPS) is 14.8. The molecule has 5 nitrogen and oxygen atoms in total. The summed E-state index contributed by atoms with van der Waals surface area (Å²) in [5, 5.41) is 11.6. The van der Waals surface area contributed by atoms with E-state index >= 15 is 0 Å². The van der Waals surface area contributed by atoms with Crippen molar-refractivity contribution in [1.82, 2.24) is 15.5 Å². The third kappa shape index (κ3) is 3.42. The van der Waals surface area contributed by atoms with Gasteiger partial charge >= 0.3 is 6.01 Å². The highest BCUT2D eigenvalue weighted by Gasteiger charge is 2.19. The highest BCUT2D eigenvalue weighted by molar-refractivity contribution is 5.35. The number of benzene rings is 1. The number of rotatable bonds is 5. The lowest BCUT2D eigenvalue weighted by molar-refractivity contribution is 0.459. The minimum Gasteiger partial charge on any atom is -0.407 e. The van der Waals surface area contributed by atoms with Crippen molar-refractivity contribution in [3.05, 3.63) is 41.3 Å². The van der Waals surface area contributed by atoms with E-state index in [9.17, 15) is 0 Å². The van der Waals surface area contributed by atoms with Crippen molar-refractivity contribution >= 4 is 6.01 Å². The Balaban J connectivity index is 1.69. The summed E-state index contributed by atoms with van der Waals surface area (Å²) in [4.78, 5) is 2.18. The molecule has 2 heterocycles. The fourth-order valence-corrected chi connectivity index (χ4v) is 2.68. The molecule has 0 radical (unpaired) electrons. The van der Waals surface area contributed by atoms with Crippen LogP contribution in [0.25, 0.3) is 0 Å². The average molecular weight is 286 g/mol. The maximum Gasteiger partial charge on any atom is 0.318 e. The van der Waals surface area contributed by atoms with E-state index in [-0.39, 0.29) is 0 Å². The largest absolute Gasteiger partial charge is 0.407 e. The zero-order valence-electron chi connectivity index (χ0n) is 12.5. The molecule has 1 aliphatic rings. The van der Waals surface area contributed by atoms with Crippen LogP contribution in [0.5, 0.6) is 0 Å². The predicted octanol–water partition coefficient (Wildman–Crippen LogP) is 2.52. The van der Waals surface area contributed by atoms with Gasteiger partial charge in [0, 0.05) is 13.1 Å². The standard InChI is InChI=1S/C16H22N4O/c1-2-9-17-11-15-18-19-16(21-15)20-10-5-8-13-6-3-4-7-14(13)12-20/h3-4,6-7,17H,2,5,8-12H2,1H3. The van der Waals surface area contributed by atoms with Gasteiger partial charge in [-0.1, -0.05) is 36.3 Å². The highest BCUT2D eigenvalue weighted by atomic mass is 16.4. The number of hydrogen-bond acceptors (Lipinski definition) is 5. The van der Waals surface area contributed by atoms with Gasteiger partial charge in [0.15, 0.2) is 0 Å². The Morgan fingerprint density at radius 2 is 2.10 bits per heavy atom. The van der Waals surface area contributed by atoms with Crippen LogP contribution >= 0.6 is 0 Å². The molecule has 0 spiro atoms. The Kier molecular flexibility index (Phi) is 4.50. The van der Waals surface area contributed by atoms with Gasteiger partial charge in [0.1, 0.15) is 0 Å². The van der Waals surface area contributed by atoms with E-state index in [1.807, 2.05) is 0 Å². The molecule has 3 rings (SSSR count). The van der Waals surface area contributed by atoms with Gasteiger partial charge in [-0.2, -0.15) is 0 Å². The highest BCUT2D eigenvalue weighted by Crippen LogP contribution is 2.22. The lowest BCUT2D eigenvalue weighted by atomic mass is 10.0. The molecule has 112 valence electrons. The van der Waals surface area contributed by atoms with Crippen molar-refractivity contribution in [2.24, 2.45) is 0 Å². The molecule has 0 aliphatic carbocycles. The fourth-order valence-electron chi connectivity index (χ4n) is 2.68. The van der Waals surface area contributed by atoms with E-state index in [1.54, 1.807) is 0 Å². The van der Waals surface area contributed by atoms with E-state index in [0.717, 1.165) is 38.9 Å². The van der Waals surface area contributed by atoms with Crippen LogP contribution in [0, 0.1) is 0 Å². The van der Waals surface area contributed by atoms with Gasteiger partial charge in [-0.05, 0) is 36.9 Å². The van der Waals surface area contributed by atoms with Gasteiger partial charge in [-0.25, -0.2) is 0 Å². The van der Waals surface area contributed by atoms with Crippen LogP contribution in [-0.2, 0) is 19.5 Å². The number of fused-ring (bicyclic) bond motifs is 1. The monoisotopic (exact) mass is 286 g/mol. The van der Waals surface area contributed by atoms with Gasteiger partial charge in [0.2, 0.25) is 5.89 Å². The Labute approximate surface area is 125 Å². The summed E-state index contributed by atoms with van der Waals surface area (Å²) >= 11 is 0. The van der Waals surface area contributed by atoms with E-state index in [0.29, 0.717) is 18.5 Å². The molecule has 0 fully saturated rings. The molecule has 1 aromatic heterocycles. The van der Waals surface area contributed by atoms with Crippen molar-refractivity contribution in [1.29, 1.82) is 0 Å². The first-order valence-electron chi connectivity index (χ1n) is 7.71. The maximum atomic E-state index is 5.78. The van der Waals surface area contributed by atoms with Gasteiger partial charge in [-0.15, -0.1) is 5.10 Å². The van der Waals surface area contributed by atoms with Gasteiger partial charge < -0.3 is 14.6 Å². The quantitative estimate of drug-likeness (QED) is 0.856. The molecular formula is C16H22N4O. The summed E-state index contributed by atoms with van der Waals surface area (Å²) < 4.78 is 5.78. The minimum atomic E-state index is 0.639. The lowest BCUT2D eigenvalue weighted by Crippen LogP contribution is -2.22. The molecule has 0 amide bonds. The SMILES string of the molecule is CCCNCc1nnc(N2CCCc3ccccc3C2)o1. The van der Waals surface area contributed by atoms with Crippen molar-refractivity contribution in [3.63, 3.8) is 0 Å². The molecule has 0 saturated heterocycles. The van der Waals surface area contributed by atoms with Crippen molar-refractivity contribution in [3.8, 4) is 0 Å². The second-order valence-electron chi connectivity index (χ2n) is 5.45. The number of anilines is 1. The smallest absolute Gasteiger partial charge is 0.318 e. The second kappa shape index (κ2) is 6.72.